The van der Waals surface area contributed by atoms with Gasteiger partial charge in [0.25, 0.3) is 0 Å². The van der Waals surface area contributed by atoms with Crippen LogP contribution in [0, 0.1) is 0 Å². The second-order valence-electron chi connectivity index (χ2n) is 7.89. The third-order valence-corrected chi connectivity index (χ3v) is 6.36. The summed E-state index contributed by atoms with van der Waals surface area (Å²) < 4.78 is 0. The number of carbonyl (C=O) groups excluding carboxylic acids is 2. The molecule has 134 valence electrons. The zero-order valence-electron chi connectivity index (χ0n) is 15.2. The summed E-state index contributed by atoms with van der Waals surface area (Å²) in [5.41, 5.74) is 4.03. The molecule has 4 rings (SSSR count). The first-order valence-electron chi connectivity index (χ1n) is 9.79. The first-order chi connectivity index (χ1) is 12.1. The second kappa shape index (κ2) is 6.81. The molecule has 2 heterocycles. The minimum atomic E-state index is 0.201. The minimum Gasteiger partial charge on any atom is -0.341 e. The smallest absolute Gasteiger partial charge is 0.227 e. The van der Waals surface area contributed by atoms with Crippen molar-refractivity contribution in [2.24, 2.45) is 0 Å². The highest BCUT2D eigenvalue weighted by atomic mass is 16.2. The molecule has 2 amide bonds. The third-order valence-electron chi connectivity index (χ3n) is 6.36. The number of carbonyl (C=O) groups is 2. The lowest BCUT2D eigenvalue weighted by atomic mass is 9.92. The van der Waals surface area contributed by atoms with Crippen LogP contribution < -0.4 is 0 Å². The largest absolute Gasteiger partial charge is 0.341 e. The molecule has 0 saturated carbocycles. The summed E-state index contributed by atoms with van der Waals surface area (Å²) in [5, 5.41) is 0. The van der Waals surface area contributed by atoms with Crippen molar-refractivity contribution in [3.63, 3.8) is 0 Å². The molecule has 0 unspecified atom stereocenters. The number of likely N-dealkylation sites (tertiary alicyclic amines) is 2. The van der Waals surface area contributed by atoms with Crippen molar-refractivity contribution in [3.05, 3.63) is 34.9 Å². The Morgan fingerprint density at radius 3 is 2.72 bits per heavy atom. The number of hydrogen-bond donors (Lipinski definition) is 0. The molecule has 4 nitrogen and oxygen atoms in total. The number of hydrogen-bond acceptors (Lipinski definition) is 2. The van der Waals surface area contributed by atoms with Gasteiger partial charge in [-0.3, -0.25) is 9.59 Å². The number of rotatable bonds is 2. The lowest BCUT2D eigenvalue weighted by Gasteiger charge is -2.43. The van der Waals surface area contributed by atoms with E-state index in [-0.39, 0.29) is 23.9 Å². The van der Waals surface area contributed by atoms with Gasteiger partial charge < -0.3 is 9.80 Å². The number of likely N-dealkylation sites (N-methyl/N-ethyl adjacent to an activating group) is 1. The monoisotopic (exact) mass is 340 g/mol. The van der Waals surface area contributed by atoms with E-state index in [0.717, 1.165) is 44.2 Å². The molecule has 4 heteroatoms. The van der Waals surface area contributed by atoms with E-state index in [0.29, 0.717) is 12.8 Å². The summed E-state index contributed by atoms with van der Waals surface area (Å²) in [6.07, 6.45) is 8.56. The van der Waals surface area contributed by atoms with Gasteiger partial charge in [-0.2, -0.15) is 0 Å². The highest BCUT2D eigenvalue weighted by Crippen LogP contribution is 2.30. The fourth-order valence-electron chi connectivity index (χ4n) is 4.98. The standard InChI is InChI=1S/C21H28N2O2/c1-22-18-8-4-12-23(19(18)7-3-9-20(22)24)21(25)14-15-10-11-16-5-2-6-17(16)13-15/h10-11,13,18-19H,2-9,12,14H2,1H3/t18-,19-/m1/s1. The number of aryl methyl sites for hydroxylation is 2. The van der Waals surface area contributed by atoms with Gasteiger partial charge in [-0.25, -0.2) is 0 Å². The van der Waals surface area contributed by atoms with Crippen molar-refractivity contribution < 1.29 is 9.59 Å². The van der Waals surface area contributed by atoms with Crippen LogP contribution in [0.4, 0.5) is 0 Å². The Balaban J connectivity index is 1.50. The molecule has 2 atom stereocenters. The molecule has 0 bridgehead atoms. The van der Waals surface area contributed by atoms with Gasteiger partial charge in [0.2, 0.25) is 11.8 Å². The average molecular weight is 340 g/mol. The van der Waals surface area contributed by atoms with Gasteiger partial charge in [0.05, 0.1) is 18.5 Å². The Kier molecular flexibility index (Phi) is 4.53. The lowest BCUT2D eigenvalue weighted by Crippen LogP contribution is -2.56. The van der Waals surface area contributed by atoms with Gasteiger partial charge >= 0.3 is 0 Å². The Hall–Kier alpha value is -1.84. The summed E-state index contributed by atoms with van der Waals surface area (Å²) in [4.78, 5) is 29.2. The van der Waals surface area contributed by atoms with Crippen LogP contribution >= 0.6 is 0 Å². The van der Waals surface area contributed by atoms with E-state index < -0.39 is 0 Å². The van der Waals surface area contributed by atoms with Crippen molar-refractivity contribution in [1.29, 1.82) is 0 Å². The molecular weight excluding hydrogens is 312 g/mol. The quantitative estimate of drug-likeness (QED) is 0.830. The van der Waals surface area contributed by atoms with Gasteiger partial charge in [-0.05, 0) is 61.6 Å². The fraction of sp³-hybridized carbons (Fsp3) is 0.619. The van der Waals surface area contributed by atoms with Gasteiger partial charge in [0.1, 0.15) is 0 Å². The number of nitrogens with zero attached hydrogens (tertiary/aromatic N) is 2. The predicted octanol–water partition coefficient (Wildman–Crippen LogP) is 2.72. The van der Waals surface area contributed by atoms with E-state index in [1.54, 1.807) is 0 Å². The van der Waals surface area contributed by atoms with Crippen LogP contribution in [-0.2, 0) is 28.9 Å². The van der Waals surface area contributed by atoms with Crippen LogP contribution in [0.1, 0.15) is 55.2 Å². The van der Waals surface area contributed by atoms with Crippen molar-refractivity contribution >= 4 is 11.8 Å². The molecule has 1 aromatic carbocycles. The van der Waals surface area contributed by atoms with Gasteiger partial charge in [-0.1, -0.05) is 18.2 Å². The maximum absolute atomic E-state index is 13.0. The number of fused-ring (bicyclic) bond motifs is 2. The first-order valence-corrected chi connectivity index (χ1v) is 9.79. The summed E-state index contributed by atoms with van der Waals surface area (Å²) in [5.74, 6) is 0.468. The minimum absolute atomic E-state index is 0.201. The Bertz CT molecular complexity index is 684. The van der Waals surface area contributed by atoms with E-state index in [1.807, 2.05) is 11.9 Å². The van der Waals surface area contributed by atoms with Crippen LogP contribution in [0.3, 0.4) is 0 Å². The number of amides is 2. The van der Waals surface area contributed by atoms with Crippen LogP contribution in [0.15, 0.2) is 18.2 Å². The Morgan fingerprint density at radius 2 is 1.84 bits per heavy atom. The van der Waals surface area contributed by atoms with Gasteiger partial charge in [0.15, 0.2) is 0 Å². The van der Waals surface area contributed by atoms with Crippen LogP contribution in [0.2, 0.25) is 0 Å². The second-order valence-corrected chi connectivity index (χ2v) is 7.89. The Labute approximate surface area is 150 Å². The zero-order valence-corrected chi connectivity index (χ0v) is 15.2. The molecular formula is C21H28N2O2. The van der Waals surface area contributed by atoms with Crippen molar-refractivity contribution in [2.45, 2.75) is 69.9 Å². The van der Waals surface area contributed by atoms with E-state index in [4.69, 9.17) is 0 Å². The highest BCUT2D eigenvalue weighted by molar-refractivity contribution is 5.80. The maximum Gasteiger partial charge on any atom is 0.227 e. The summed E-state index contributed by atoms with van der Waals surface area (Å²) in [6.45, 7) is 0.840. The van der Waals surface area contributed by atoms with Gasteiger partial charge in [-0.15, -0.1) is 0 Å². The van der Waals surface area contributed by atoms with E-state index >= 15 is 0 Å². The molecule has 1 aliphatic carbocycles. The van der Waals surface area contributed by atoms with Crippen LogP contribution in [-0.4, -0.2) is 47.3 Å². The molecule has 2 fully saturated rings. The maximum atomic E-state index is 13.0. The van der Waals surface area contributed by atoms with E-state index in [2.05, 4.69) is 23.1 Å². The molecule has 2 aliphatic heterocycles. The first kappa shape index (κ1) is 16.6. The molecule has 0 radical (unpaired) electrons. The van der Waals surface area contributed by atoms with E-state index in [9.17, 15) is 9.59 Å². The fourth-order valence-corrected chi connectivity index (χ4v) is 4.98. The van der Waals surface area contributed by atoms with E-state index in [1.165, 1.54) is 24.0 Å². The normalized spacial score (nSPS) is 26.2. The molecule has 2 saturated heterocycles. The molecule has 0 N–H and O–H groups in total. The molecule has 0 aromatic heterocycles. The molecule has 1 aromatic rings. The van der Waals surface area contributed by atoms with Gasteiger partial charge in [0, 0.05) is 20.0 Å². The highest BCUT2D eigenvalue weighted by Gasteiger charge is 2.39. The summed E-state index contributed by atoms with van der Waals surface area (Å²) in [6, 6.07) is 6.98. The SMILES string of the molecule is CN1C(=O)CCC[C@@H]2[C@H]1CCCN2C(=O)Cc1ccc2c(c1)CCC2. The average Bonchev–Trinajstić information content (AvgIpc) is 3.03. The van der Waals surface area contributed by atoms with Crippen LogP contribution in [0.5, 0.6) is 0 Å². The van der Waals surface area contributed by atoms with Crippen molar-refractivity contribution in [2.75, 3.05) is 13.6 Å². The summed E-state index contributed by atoms with van der Waals surface area (Å²) in [7, 11) is 1.92. The van der Waals surface area contributed by atoms with Crippen molar-refractivity contribution in [3.8, 4) is 0 Å². The summed E-state index contributed by atoms with van der Waals surface area (Å²) >= 11 is 0. The number of piperidine rings is 1. The number of benzene rings is 1. The van der Waals surface area contributed by atoms with Crippen molar-refractivity contribution in [1.82, 2.24) is 9.80 Å². The molecule has 3 aliphatic rings. The van der Waals surface area contributed by atoms with Crippen LogP contribution in [0.25, 0.3) is 0 Å². The molecule has 0 spiro atoms. The predicted molar refractivity (Wildman–Crippen MR) is 97.3 cm³/mol. The lowest BCUT2D eigenvalue weighted by molar-refractivity contribution is -0.140. The topological polar surface area (TPSA) is 40.6 Å². The molecule has 25 heavy (non-hydrogen) atoms. The third kappa shape index (κ3) is 3.19. The Morgan fingerprint density at radius 1 is 1.04 bits per heavy atom. The zero-order chi connectivity index (χ0) is 17.4.